The maximum atomic E-state index is 8.59. The zero-order valence-electron chi connectivity index (χ0n) is 21.2. The molecule has 0 radical (unpaired) electrons. The second-order valence-corrected chi connectivity index (χ2v) is 10.8. The number of hydrogen-bond acceptors (Lipinski definition) is 1. The van der Waals surface area contributed by atoms with Gasteiger partial charge in [0.15, 0.2) is 0 Å². The Labute approximate surface area is 204 Å². The molecule has 0 N–H and O–H groups in total. The lowest BCUT2D eigenvalue weighted by molar-refractivity contribution is 0.295. The Kier molecular flexibility index (Phi) is 11.9. The lowest BCUT2D eigenvalue weighted by Gasteiger charge is -2.29. The third-order valence-corrected chi connectivity index (χ3v) is 8.27. The molecule has 0 spiro atoms. The van der Waals surface area contributed by atoms with Crippen LogP contribution in [0.5, 0.6) is 0 Å². The fourth-order valence-corrected chi connectivity index (χ4v) is 5.99. The van der Waals surface area contributed by atoms with E-state index in [1.54, 1.807) is 11.6 Å². The van der Waals surface area contributed by atoms with Gasteiger partial charge in [0.2, 0.25) is 0 Å². The molecule has 1 aromatic carbocycles. The van der Waals surface area contributed by atoms with Gasteiger partial charge in [0, 0.05) is 6.08 Å². The summed E-state index contributed by atoms with van der Waals surface area (Å²) < 4.78 is 0. The second kappa shape index (κ2) is 15.2. The van der Waals surface area contributed by atoms with Crippen molar-refractivity contribution in [3.63, 3.8) is 0 Å². The summed E-state index contributed by atoms with van der Waals surface area (Å²) in [5.74, 6) is 3.26. The van der Waals surface area contributed by atoms with Crippen molar-refractivity contribution in [1.29, 1.82) is 5.26 Å². The zero-order chi connectivity index (χ0) is 23.1. The Hall–Kier alpha value is -1.81. The van der Waals surface area contributed by atoms with E-state index in [-0.39, 0.29) is 0 Å². The molecular weight excluding hydrogens is 398 g/mol. The van der Waals surface area contributed by atoms with Gasteiger partial charge in [0.25, 0.3) is 0 Å². The van der Waals surface area contributed by atoms with Gasteiger partial charge in [0.05, 0.1) is 6.07 Å². The SMILES string of the molecule is CCCCCCCc1ccc(C2CCC(/C=C/C3CCC(CCC=CC#N)CC3)CC2)cc1. The van der Waals surface area contributed by atoms with E-state index in [0.717, 1.165) is 30.1 Å². The minimum Gasteiger partial charge on any atom is -0.193 e. The summed E-state index contributed by atoms with van der Waals surface area (Å²) in [6, 6.07) is 11.8. The Balaban J connectivity index is 1.32. The highest BCUT2D eigenvalue weighted by Gasteiger charge is 2.22. The van der Waals surface area contributed by atoms with Crippen LogP contribution in [0.2, 0.25) is 0 Å². The van der Waals surface area contributed by atoms with Gasteiger partial charge in [0.1, 0.15) is 0 Å². The number of unbranched alkanes of at least 4 members (excludes halogenated alkanes) is 4. The van der Waals surface area contributed by atoms with Gasteiger partial charge in [-0.3, -0.25) is 0 Å². The van der Waals surface area contributed by atoms with Crippen LogP contribution in [0.15, 0.2) is 48.6 Å². The molecular formula is C32H47N. The highest BCUT2D eigenvalue weighted by molar-refractivity contribution is 5.26. The predicted molar refractivity (Wildman–Crippen MR) is 142 cm³/mol. The standard InChI is InChI=1S/C32H47N/c1-2-3-4-5-7-10-28-18-22-31(23-19-28)32-24-20-30(21-25-32)17-16-29-14-12-27(13-15-29)11-8-6-9-26-33/h6,9,16-19,22-23,27,29-30,32H,2-5,7-8,10-15,20-21,24-25H2,1H3/b9-6?,17-16+. The van der Waals surface area contributed by atoms with E-state index in [4.69, 9.17) is 5.26 Å². The molecule has 2 fully saturated rings. The number of rotatable bonds is 12. The topological polar surface area (TPSA) is 23.8 Å². The third-order valence-electron chi connectivity index (χ3n) is 8.27. The molecule has 0 aliphatic heterocycles. The van der Waals surface area contributed by atoms with Crippen LogP contribution in [0.3, 0.4) is 0 Å². The minimum atomic E-state index is 0.777. The second-order valence-electron chi connectivity index (χ2n) is 10.8. The molecule has 2 aliphatic carbocycles. The first-order chi connectivity index (χ1) is 16.3. The van der Waals surface area contributed by atoms with Crippen molar-refractivity contribution >= 4 is 0 Å². The summed E-state index contributed by atoms with van der Waals surface area (Å²) in [6.45, 7) is 2.29. The van der Waals surface area contributed by atoms with Gasteiger partial charge >= 0.3 is 0 Å². The number of allylic oxidation sites excluding steroid dienone is 4. The summed E-state index contributed by atoms with van der Waals surface area (Å²) in [5, 5.41) is 8.59. The first-order valence-corrected chi connectivity index (χ1v) is 14.1. The number of benzene rings is 1. The van der Waals surface area contributed by atoms with E-state index in [9.17, 15) is 0 Å². The summed E-state index contributed by atoms with van der Waals surface area (Å²) in [5.41, 5.74) is 3.11. The van der Waals surface area contributed by atoms with Crippen molar-refractivity contribution in [3.05, 3.63) is 59.7 Å². The summed E-state index contributed by atoms with van der Waals surface area (Å²) in [6.07, 6.45) is 30.2. The molecule has 0 unspecified atom stereocenters. The highest BCUT2D eigenvalue weighted by Crippen LogP contribution is 2.38. The molecule has 0 heterocycles. The molecule has 0 saturated heterocycles. The Bertz CT molecular complexity index is 734. The Morgan fingerprint density at radius 2 is 1.45 bits per heavy atom. The van der Waals surface area contributed by atoms with E-state index in [2.05, 4.69) is 49.4 Å². The smallest absolute Gasteiger partial charge is 0.0908 e. The molecule has 180 valence electrons. The highest BCUT2D eigenvalue weighted by atomic mass is 14.3. The fraction of sp³-hybridized carbons (Fsp3) is 0.656. The van der Waals surface area contributed by atoms with Crippen LogP contribution in [0, 0.1) is 29.1 Å². The van der Waals surface area contributed by atoms with E-state index in [1.165, 1.54) is 102 Å². The van der Waals surface area contributed by atoms with Gasteiger partial charge < -0.3 is 0 Å². The molecule has 33 heavy (non-hydrogen) atoms. The molecule has 3 rings (SSSR count). The average molecular weight is 446 g/mol. The predicted octanol–water partition coefficient (Wildman–Crippen LogP) is 9.70. The van der Waals surface area contributed by atoms with E-state index < -0.39 is 0 Å². The van der Waals surface area contributed by atoms with Crippen molar-refractivity contribution in [1.82, 2.24) is 0 Å². The third kappa shape index (κ3) is 9.52. The largest absolute Gasteiger partial charge is 0.193 e. The molecule has 2 saturated carbocycles. The van der Waals surface area contributed by atoms with Crippen LogP contribution < -0.4 is 0 Å². The normalized spacial score (nSPS) is 26.1. The molecule has 1 heteroatoms. The quantitative estimate of drug-likeness (QED) is 0.178. The lowest BCUT2D eigenvalue weighted by Crippen LogP contribution is -2.14. The van der Waals surface area contributed by atoms with Gasteiger partial charge in [-0.1, -0.05) is 75.1 Å². The van der Waals surface area contributed by atoms with Crippen molar-refractivity contribution in [2.75, 3.05) is 0 Å². The van der Waals surface area contributed by atoms with Gasteiger partial charge in [-0.15, -0.1) is 0 Å². The number of nitrogens with zero attached hydrogens (tertiary/aromatic N) is 1. The van der Waals surface area contributed by atoms with E-state index >= 15 is 0 Å². The van der Waals surface area contributed by atoms with Crippen LogP contribution in [0.4, 0.5) is 0 Å². The number of hydrogen-bond donors (Lipinski definition) is 0. The Morgan fingerprint density at radius 3 is 2.09 bits per heavy atom. The van der Waals surface area contributed by atoms with Gasteiger partial charge in [-0.25, -0.2) is 0 Å². The van der Waals surface area contributed by atoms with Crippen LogP contribution in [0.1, 0.15) is 120 Å². The van der Waals surface area contributed by atoms with Crippen LogP contribution in [-0.4, -0.2) is 0 Å². The summed E-state index contributed by atoms with van der Waals surface area (Å²) >= 11 is 0. The van der Waals surface area contributed by atoms with E-state index in [1.807, 2.05) is 6.08 Å². The lowest BCUT2D eigenvalue weighted by atomic mass is 9.76. The Morgan fingerprint density at radius 1 is 0.818 bits per heavy atom. The van der Waals surface area contributed by atoms with Crippen LogP contribution in [-0.2, 0) is 6.42 Å². The van der Waals surface area contributed by atoms with Crippen molar-refractivity contribution < 1.29 is 0 Å². The first kappa shape index (κ1) is 25.8. The molecule has 0 aromatic heterocycles. The number of aryl methyl sites for hydroxylation is 1. The maximum absolute atomic E-state index is 8.59. The van der Waals surface area contributed by atoms with Crippen LogP contribution >= 0.6 is 0 Å². The minimum absolute atomic E-state index is 0.777. The van der Waals surface area contributed by atoms with Crippen molar-refractivity contribution in [2.45, 2.75) is 116 Å². The van der Waals surface area contributed by atoms with Crippen molar-refractivity contribution in [2.24, 2.45) is 17.8 Å². The van der Waals surface area contributed by atoms with E-state index in [0.29, 0.717) is 0 Å². The maximum Gasteiger partial charge on any atom is 0.0908 e. The summed E-state index contributed by atoms with van der Waals surface area (Å²) in [7, 11) is 0. The fourth-order valence-electron chi connectivity index (χ4n) is 5.99. The molecule has 0 bridgehead atoms. The molecule has 1 nitrogen and oxygen atoms in total. The molecule has 0 amide bonds. The molecule has 2 aliphatic rings. The number of nitriles is 1. The molecule has 0 atom stereocenters. The zero-order valence-corrected chi connectivity index (χ0v) is 21.2. The molecule has 1 aromatic rings. The average Bonchev–Trinajstić information content (AvgIpc) is 2.87. The van der Waals surface area contributed by atoms with Crippen LogP contribution in [0.25, 0.3) is 0 Å². The van der Waals surface area contributed by atoms with Gasteiger partial charge in [-0.05, 0) is 112 Å². The summed E-state index contributed by atoms with van der Waals surface area (Å²) in [4.78, 5) is 0. The van der Waals surface area contributed by atoms with Gasteiger partial charge in [-0.2, -0.15) is 5.26 Å². The first-order valence-electron chi connectivity index (χ1n) is 14.1. The monoisotopic (exact) mass is 445 g/mol. The van der Waals surface area contributed by atoms with Crippen molar-refractivity contribution in [3.8, 4) is 6.07 Å².